The van der Waals surface area contributed by atoms with E-state index in [0.717, 1.165) is 0 Å². The van der Waals surface area contributed by atoms with Crippen LogP contribution in [-0.4, -0.2) is 17.1 Å². The lowest BCUT2D eigenvalue weighted by Crippen LogP contribution is -2.00. The van der Waals surface area contributed by atoms with Crippen molar-refractivity contribution in [3.05, 3.63) is 6.20 Å². The summed E-state index contributed by atoms with van der Waals surface area (Å²) >= 11 is 0. The maximum absolute atomic E-state index is 5.39. The van der Waals surface area contributed by atoms with Gasteiger partial charge in [0.1, 0.15) is 5.69 Å². The first-order chi connectivity index (χ1) is 4.74. The first kappa shape index (κ1) is 6.60. The minimum Gasteiger partial charge on any atom is -0.479 e. The van der Waals surface area contributed by atoms with Crippen LogP contribution < -0.4 is 16.2 Å². The average Bonchev–Trinajstić information content (AvgIpc) is 1.94. The molecule has 0 saturated carbocycles. The van der Waals surface area contributed by atoms with E-state index in [1.165, 1.54) is 13.3 Å². The lowest BCUT2D eigenvalue weighted by Gasteiger charge is -2.00. The van der Waals surface area contributed by atoms with Gasteiger partial charge in [0, 0.05) is 0 Å². The van der Waals surface area contributed by atoms with E-state index in [1.807, 2.05) is 0 Å². The summed E-state index contributed by atoms with van der Waals surface area (Å²) in [6.45, 7) is 0. The second-order valence-corrected chi connectivity index (χ2v) is 1.69. The molecule has 0 spiro atoms. The summed E-state index contributed by atoms with van der Waals surface area (Å²) < 4.78 is 4.77. The van der Waals surface area contributed by atoms with E-state index >= 15 is 0 Å². The number of methoxy groups -OCH3 is 1. The third-order valence-electron chi connectivity index (χ3n) is 0.992. The molecule has 54 valence electrons. The summed E-state index contributed by atoms with van der Waals surface area (Å²) in [7, 11) is 1.47. The van der Waals surface area contributed by atoms with Crippen LogP contribution in [0.4, 0.5) is 11.6 Å². The van der Waals surface area contributed by atoms with Gasteiger partial charge in [-0.2, -0.15) is 4.98 Å². The third-order valence-corrected chi connectivity index (χ3v) is 0.992. The molecule has 0 aromatic carbocycles. The van der Waals surface area contributed by atoms with Crippen molar-refractivity contribution in [2.24, 2.45) is 0 Å². The predicted molar refractivity (Wildman–Crippen MR) is 37.4 cm³/mol. The molecule has 5 heteroatoms. The summed E-state index contributed by atoms with van der Waals surface area (Å²) in [5, 5.41) is 0. The highest BCUT2D eigenvalue weighted by molar-refractivity contribution is 5.47. The second-order valence-electron chi connectivity index (χ2n) is 1.69. The molecule has 0 aliphatic rings. The maximum Gasteiger partial charge on any atom is 0.241 e. The Morgan fingerprint density at radius 3 is 2.70 bits per heavy atom. The Hall–Kier alpha value is -1.52. The van der Waals surface area contributed by atoms with E-state index in [9.17, 15) is 0 Å². The summed E-state index contributed by atoms with van der Waals surface area (Å²) in [6.07, 6.45) is 1.40. The zero-order valence-corrected chi connectivity index (χ0v) is 5.53. The van der Waals surface area contributed by atoms with Gasteiger partial charge in [0.05, 0.1) is 13.3 Å². The van der Waals surface area contributed by atoms with Crippen molar-refractivity contribution in [3.8, 4) is 5.88 Å². The molecule has 0 bridgehead atoms. The van der Waals surface area contributed by atoms with E-state index < -0.39 is 0 Å². The van der Waals surface area contributed by atoms with Crippen molar-refractivity contribution in [2.75, 3.05) is 18.6 Å². The highest BCUT2D eigenvalue weighted by Gasteiger charge is 1.99. The Kier molecular flexibility index (Phi) is 1.57. The molecule has 0 aliphatic heterocycles. The van der Waals surface area contributed by atoms with Crippen LogP contribution in [0.2, 0.25) is 0 Å². The van der Waals surface area contributed by atoms with Crippen LogP contribution in [0.15, 0.2) is 6.20 Å². The number of ether oxygens (including phenoxy) is 1. The minimum atomic E-state index is 0.158. The largest absolute Gasteiger partial charge is 0.479 e. The van der Waals surface area contributed by atoms with Gasteiger partial charge in [-0.25, -0.2) is 4.98 Å². The zero-order chi connectivity index (χ0) is 7.56. The molecule has 5 nitrogen and oxygen atoms in total. The van der Waals surface area contributed by atoms with Crippen molar-refractivity contribution in [1.29, 1.82) is 0 Å². The van der Waals surface area contributed by atoms with E-state index in [-0.39, 0.29) is 5.95 Å². The molecule has 0 aliphatic carbocycles. The first-order valence-corrected chi connectivity index (χ1v) is 2.66. The predicted octanol–water partition coefficient (Wildman–Crippen LogP) is -0.350. The highest BCUT2D eigenvalue weighted by atomic mass is 16.5. The number of nitrogens with two attached hydrogens (primary N) is 2. The highest BCUT2D eigenvalue weighted by Crippen LogP contribution is 2.15. The van der Waals surface area contributed by atoms with Gasteiger partial charge in [-0.1, -0.05) is 0 Å². The molecule has 4 N–H and O–H groups in total. The molecule has 1 rings (SSSR count). The van der Waals surface area contributed by atoms with Gasteiger partial charge in [0.25, 0.3) is 0 Å². The molecule has 1 aromatic rings. The molecule has 0 unspecified atom stereocenters. The number of hydrogen-bond acceptors (Lipinski definition) is 5. The molecule has 0 atom stereocenters. The number of nitrogens with zero attached hydrogens (tertiary/aromatic N) is 2. The zero-order valence-electron chi connectivity index (χ0n) is 5.53. The fourth-order valence-corrected chi connectivity index (χ4v) is 0.552. The van der Waals surface area contributed by atoms with Gasteiger partial charge in [0.15, 0.2) is 0 Å². The van der Waals surface area contributed by atoms with E-state index in [4.69, 9.17) is 16.2 Å². The Morgan fingerprint density at radius 1 is 1.50 bits per heavy atom. The van der Waals surface area contributed by atoms with Crippen LogP contribution in [0.1, 0.15) is 0 Å². The van der Waals surface area contributed by atoms with Crippen molar-refractivity contribution < 1.29 is 4.74 Å². The van der Waals surface area contributed by atoms with Gasteiger partial charge in [-0.05, 0) is 0 Å². The quantitative estimate of drug-likeness (QED) is 0.556. The van der Waals surface area contributed by atoms with Crippen LogP contribution in [-0.2, 0) is 0 Å². The Morgan fingerprint density at radius 2 is 2.20 bits per heavy atom. The monoisotopic (exact) mass is 140 g/mol. The topological polar surface area (TPSA) is 87.0 Å². The lowest BCUT2D eigenvalue weighted by atomic mass is 10.5. The Labute approximate surface area is 58.0 Å². The summed E-state index contributed by atoms with van der Waals surface area (Å²) in [5.41, 5.74) is 11.0. The van der Waals surface area contributed by atoms with Crippen LogP contribution >= 0.6 is 0 Å². The van der Waals surface area contributed by atoms with E-state index in [0.29, 0.717) is 11.6 Å². The molecule has 0 fully saturated rings. The van der Waals surface area contributed by atoms with Gasteiger partial charge in [0.2, 0.25) is 11.8 Å². The number of hydrogen-bond donors (Lipinski definition) is 2. The normalized spacial score (nSPS) is 9.30. The van der Waals surface area contributed by atoms with E-state index in [1.54, 1.807) is 0 Å². The lowest BCUT2D eigenvalue weighted by molar-refractivity contribution is 0.400. The van der Waals surface area contributed by atoms with Crippen LogP contribution in [0.5, 0.6) is 5.88 Å². The first-order valence-electron chi connectivity index (χ1n) is 2.66. The average molecular weight is 140 g/mol. The summed E-state index contributed by atoms with van der Waals surface area (Å²) in [6, 6.07) is 0. The van der Waals surface area contributed by atoms with Crippen LogP contribution in [0.25, 0.3) is 0 Å². The van der Waals surface area contributed by atoms with Crippen LogP contribution in [0, 0.1) is 0 Å². The fourth-order valence-electron chi connectivity index (χ4n) is 0.552. The molecule has 0 saturated heterocycles. The summed E-state index contributed by atoms with van der Waals surface area (Å²) in [4.78, 5) is 7.36. The van der Waals surface area contributed by atoms with Crippen molar-refractivity contribution in [1.82, 2.24) is 9.97 Å². The van der Waals surface area contributed by atoms with Gasteiger partial charge >= 0.3 is 0 Å². The molecular formula is C5H8N4O. The van der Waals surface area contributed by atoms with Gasteiger partial charge < -0.3 is 16.2 Å². The standard InChI is InChI=1S/C5H8N4O/c1-10-4-3(6)2-8-5(7)9-4/h2H,6H2,1H3,(H2,7,8,9). The second kappa shape index (κ2) is 2.38. The smallest absolute Gasteiger partial charge is 0.241 e. The maximum atomic E-state index is 5.39. The molecule has 0 amide bonds. The number of anilines is 2. The summed E-state index contributed by atoms with van der Waals surface area (Å²) in [5.74, 6) is 0.471. The van der Waals surface area contributed by atoms with Crippen molar-refractivity contribution in [3.63, 3.8) is 0 Å². The van der Waals surface area contributed by atoms with E-state index in [2.05, 4.69) is 9.97 Å². The van der Waals surface area contributed by atoms with Crippen LogP contribution in [0.3, 0.4) is 0 Å². The van der Waals surface area contributed by atoms with Crippen molar-refractivity contribution in [2.45, 2.75) is 0 Å². The molecule has 10 heavy (non-hydrogen) atoms. The third kappa shape index (κ3) is 1.07. The number of rotatable bonds is 1. The molecule has 1 aromatic heterocycles. The Bertz CT molecular complexity index is 237. The fraction of sp³-hybridized carbons (Fsp3) is 0.200. The van der Waals surface area contributed by atoms with Crippen molar-refractivity contribution >= 4 is 11.6 Å². The molecule has 1 heterocycles. The Balaban J connectivity index is 3.09. The number of aromatic nitrogens is 2. The molecule has 0 radical (unpaired) electrons. The molecular weight excluding hydrogens is 132 g/mol. The van der Waals surface area contributed by atoms with Gasteiger partial charge in [-0.15, -0.1) is 0 Å². The minimum absolute atomic E-state index is 0.158. The SMILES string of the molecule is COc1nc(N)ncc1N. The van der Waals surface area contributed by atoms with Gasteiger partial charge in [-0.3, -0.25) is 0 Å². The number of nitrogen functional groups attached to an aromatic ring is 2.